The number of piperidine rings is 1. The van der Waals surface area contributed by atoms with Crippen LogP contribution in [0.25, 0.3) is 0 Å². The van der Waals surface area contributed by atoms with Gasteiger partial charge in [0.1, 0.15) is 18.1 Å². The van der Waals surface area contributed by atoms with Gasteiger partial charge in [-0.3, -0.25) is 9.78 Å². The molecule has 2 aromatic rings. The van der Waals surface area contributed by atoms with Crippen LogP contribution in [0, 0.1) is 12.8 Å². The Morgan fingerprint density at radius 1 is 1.25 bits per heavy atom. The molecule has 28 heavy (non-hydrogen) atoms. The largest absolute Gasteiger partial charge is 0.491 e. The lowest BCUT2D eigenvalue weighted by Gasteiger charge is -2.35. The molecule has 2 aliphatic rings. The number of nitrogens with zero attached hydrogens (tertiary/aromatic N) is 3. The van der Waals surface area contributed by atoms with Crippen molar-refractivity contribution >= 4 is 5.91 Å². The maximum Gasteiger partial charge on any atom is 0.416 e. The molecule has 1 amide bonds. The number of aromatic nitrogens is 2. The van der Waals surface area contributed by atoms with Crippen LogP contribution < -0.4 is 4.74 Å². The predicted octanol–water partition coefficient (Wildman–Crippen LogP) is 3.88. The lowest BCUT2D eigenvalue weighted by atomic mass is 9.99. The van der Waals surface area contributed by atoms with E-state index in [2.05, 4.69) is 9.97 Å². The first-order valence-electron chi connectivity index (χ1n) is 9.24. The molecule has 2 fully saturated rings. The van der Waals surface area contributed by atoms with Crippen LogP contribution in [0.2, 0.25) is 0 Å². The number of ether oxygens (including phenoxy) is 1. The number of hydrogen-bond donors (Lipinski definition) is 0. The molecule has 1 aromatic heterocycles. The van der Waals surface area contributed by atoms with Crippen molar-refractivity contribution in [2.75, 3.05) is 6.61 Å². The lowest BCUT2D eigenvalue weighted by Crippen LogP contribution is -2.48. The fourth-order valence-corrected chi connectivity index (χ4v) is 4.20. The van der Waals surface area contributed by atoms with E-state index in [1.54, 1.807) is 18.0 Å². The SMILES string of the molecule is Cc1cnc(C(=O)N2[C@@H]3CC[C@@H](C3)[C@H]2COc2cccc(C(F)(F)F)c2)cn1. The van der Waals surface area contributed by atoms with Gasteiger partial charge in [-0.25, -0.2) is 4.98 Å². The van der Waals surface area contributed by atoms with Gasteiger partial charge >= 0.3 is 6.18 Å². The molecule has 0 spiro atoms. The molecular weight excluding hydrogens is 371 g/mol. The monoisotopic (exact) mass is 391 g/mol. The van der Waals surface area contributed by atoms with Crippen LogP contribution in [0.3, 0.4) is 0 Å². The number of halogens is 3. The second kappa shape index (κ2) is 7.07. The fraction of sp³-hybridized carbons (Fsp3) is 0.450. The van der Waals surface area contributed by atoms with Gasteiger partial charge in [-0.15, -0.1) is 0 Å². The first kappa shape index (κ1) is 18.7. The third kappa shape index (κ3) is 3.55. The van der Waals surface area contributed by atoms with Crippen molar-refractivity contribution in [2.24, 2.45) is 5.92 Å². The Morgan fingerprint density at radius 3 is 2.79 bits per heavy atom. The molecule has 0 N–H and O–H groups in total. The molecular formula is C20H20F3N3O2. The third-order valence-corrected chi connectivity index (χ3v) is 5.56. The Balaban J connectivity index is 1.50. The Morgan fingerprint density at radius 2 is 2.07 bits per heavy atom. The van der Waals surface area contributed by atoms with Gasteiger partial charge in [0.2, 0.25) is 0 Å². The third-order valence-electron chi connectivity index (χ3n) is 5.56. The summed E-state index contributed by atoms with van der Waals surface area (Å²) in [5.74, 6) is 0.246. The number of amides is 1. The fourth-order valence-electron chi connectivity index (χ4n) is 4.20. The van der Waals surface area contributed by atoms with Gasteiger partial charge in [0.15, 0.2) is 0 Å². The molecule has 1 saturated heterocycles. The van der Waals surface area contributed by atoms with E-state index in [1.165, 1.54) is 18.3 Å². The van der Waals surface area contributed by atoms with Gasteiger partial charge in [0.25, 0.3) is 5.91 Å². The van der Waals surface area contributed by atoms with Gasteiger partial charge < -0.3 is 9.64 Å². The van der Waals surface area contributed by atoms with E-state index >= 15 is 0 Å². The van der Waals surface area contributed by atoms with Crippen molar-refractivity contribution in [1.82, 2.24) is 14.9 Å². The molecule has 2 bridgehead atoms. The highest BCUT2D eigenvalue weighted by Crippen LogP contribution is 2.43. The van der Waals surface area contributed by atoms with Crippen LogP contribution in [0.1, 0.15) is 41.0 Å². The summed E-state index contributed by atoms with van der Waals surface area (Å²) in [6, 6.07) is 4.77. The Kier molecular flexibility index (Phi) is 4.72. The van der Waals surface area contributed by atoms with Crippen LogP contribution >= 0.6 is 0 Å². The molecule has 1 aromatic carbocycles. The van der Waals surface area contributed by atoms with Crippen LogP contribution in [-0.2, 0) is 6.18 Å². The quantitative estimate of drug-likeness (QED) is 0.794. The van der Waals surface area contributed by atoms with E-state index in [-0.39, 0.29) is 42.0 Å². The highest BCUT2D eigenvalue weighted by atomic mass is 19.4. The second-order valence-electron chi connectivity index (χ2n) is 7.39. The minimum Gasteiger partial charge on any atom is -0.491 e. The Labute approximate surface area is 160 Å². The number of rotatable bonds is 4. The number of likely N-dealkylation sites (tertiary alicyclic amines) is 1. The van der Waals surface area contributed by atoms with E-state index in [0.29, 0.717) is 0 Å². The van der Waals surface area contributed by atoms with Gasteiger partial charge in [-0.2, -0.15) is 13.2 Å². The number of carbonyl (C=O) groups is 1. The molecule has 4 rings (SSSR count). The van der Waals surface area contributed by atoms with Crippen molar-refractivity contribution < 1.29 is 22.7 Å². The summed E-state index contributed by atoms with van der Waals surface area (Å²) in [5, 5.41) is 0. The summed E-state index contributed by atoms with van der Waals surface area (Å²) in [6.07, 6.45) is 1.41. The number of aryl methyl sites for hydroxylation is 1. The van der Waals surface area contributed by atoms with Crippen LogP contribution in [0.4, 0.5) is 13.2 Å². The van der Waals surface area contributed by atoms with Crippen LogP contribution in [0.5, 0.6) is 5.75 Å². The minimum atomic E-state index is -4.42. The normalized spacial score (nSPS) is 23.9. The van der Waals surface area contributed by atoms with Gasteiger partial charge in [-0.05, 0) is 50.3 Å². The van der Waals surface area contributed by atoms with E-state index < -0.39 is 11.7 Å². The highest BCUT2D eigenvalue weighted by molar-refractivity contribution is 5.92. The zero-order valence-electron chi connectivity index (χ0n) is 15.3. The van der Waals surface area contributed by atoms with Gasteiger partial charge in [-0.1, -0.05) is 6.07 Å². The standard InChI is InChI=1S/C20H20F3N3O2/c1-12-9-25-17(10-24-12)19(27)26-15-6-5-13(7-15)18(26)11-28-16-4-2-3-14(8-16)20(21,22)23/h2-4,8-10,13,15,18H,5-7,11H2,1H3/t13-,15+,18+/m0/s1. The number of alkyl halides is 3. The minimum absolute atomic E-state index is 0.121. The zero-order chi connectivity index (χ0) is 19.9. The van der Waals surface area contributed by atoms with Gasteiger partial charge in [0.05, 0.1) is 23.5 Å². The molecule has 8 heteroatoms. The summed E-state index contributed by atoms with van der Waals surface area (Å²) < 4.78 is 44.4. The average molecular weight is 391 g/mol. The highest BCUT2D eigenvalue weighted by Gasteiger charge is 2.48. The molecule has 3 atom stereocenters. The topological polar surface area (TPSA) is 55.3 Å². The molecule has 2 heterocycles. The maximum atomic E-state index is 13.0. The lowest BCUT2D eigenvalue weighted by molar-refractivity contribution is -0.137. The van der Waals surface area contributed by atoms with Crippen LogP contribution in [-0.4, -0.2) is 39.5 Å². The molecule has 1 aliphatic heterocycles. The Bertz CT molecular complexity index is 870. The summed E-state index contributed by atoms with van der Waals surface area (Å²) in [4.78, 5) is 23.1. The van der Waals surface area contributed by atoms with Crippen molar-refractivity contribution in [3.63, 3.8) is 0 Å². The summed E-state index contributed by atoms with van der Waals surface area (Å²) in [5.41, 5.74) is 0.256. The molecule has 1 aliphatic carbocycles. The van der Waals surface area contributed by atoms with E-state index in [4.69, 9.17) is 4.74 Å². The number of carbonyl (C=O) groups excluding carboxylic acids is 1. The number of hydrogen-bond acceptors (Lipinski definition) is 4. The van der Waals surface area contributed by atoms with Crippen molar-refractivity contribution in [3.05, 3.63) is 53.6 Å². The summed E-state index contributed by atoms with van der Waals surface area (Å²) >= 11 is 0. The van der Waals surface area contributed by atoms with E-state index in [0.717, 1.165) is 37.1 Å². The number of fused-ring (bicyclic) bond motifs is 2. The van der Waals surface area contributed by atoms with Crippen molar-refractivity contribution in [1.29, 1.82) is 0 Å². The predicted molar refractivity (Wildman–Crippen MR) is 94.8 cm³/mol. The van der Waals surface area contributed by atoms with E-state index in [9.17, 15) is 18.0 Å². The van der Waals surface area contributed by atoms with Crippen molar-refractivity contribution in [2.45, 2.75) is 44.4 Å². The first-order chi connectivity index (χ1) is 13.3. The number of benzene rings is 1. The smallest absolute Gasteiger partial charge is 0.416 e. The zero-order valence-corrected chi connectivity index (χ0v) is 15.3. The molecule has 0 radical (unpaired) electrons. The second-order valence-corrected chi connectivity index (χ2v) is 7.39. The summed E-state index contributed by atoms with van der Waals surface area (Å²) in [7, 11) is 0. The van der Waals surface area contributed by atoms with Crippen LogP contribution in [0.15, 0.2) is 36.7 Å². The maximum absolute atomic E-state index is 13.0. The van der Waals surface area contributed by atoms with Crippen molar-refractivity contribution in [3.8, 4) is 5.75 Å². The van der Waals surface area contributed by atoms with Gasteiger partial charge in [0, 0.05) is 12.2 Å². The molecule has 148 valence electrons. The molecule has 5 nitrogen and oxygen atoms in total. The summed E-state index contributed by atoms with van der Waals surface area (Å²) in [6.45, 7) is 1.96. The molecule has 1 saturated carbocycles. The van der Waals surface area contributed by atoms with E-state index in [1.807, 2.05) is 0 Å². The average Bonchev–Trinajstić information content (AvgIpc) is 3.27. The first-order valence-corrected chi connectivity index (χ1v) is 9.24. The molecule has 0 unspecified atom stereocenters. The Hall–Kier alpha value is -2.64.